The summed E-state index contributed by atoms with van der Waals surface area (Å²) >= 11 is 1.40. The smallest absolute Gasteiger partial charge is 0.261 e. The van der Waals surface area contributed by atoms with Crippen LogP contribution in [-0.2, 0) is 10.2 Å². The number of anilines is 2. The van der Waals surface area contributed by atoms with Crippen LogP contribution >= 0.6 is 11.3 Å². The molecule has 180 valence electrons. The van der Waals surface area contributed by atoms with Gasteiger partial charge in [0.25, 0.3) is 11.8 Å². The molecule has 0 saturated heterocycles. The second-order valence-corrected chi connectivity index (χ2v) is 10.4. The van der Waals surface area contributed by atoms with Crippen molar-refractivity contribution in [1.29, 1.82) is 0 Å². The summed E-state index contributed by atoms with van der Waals surface area (Å²) in [4.78, 5) is 31.8. The number of rotatable bonds is 6. The number of thiophene rings is 1. The van der Waals surface area contributed by atoms with E-state index in [1.807, 2.05) is 24.3 Å². The molecule has 4 aromatic rings. The van der Waals surface area contributed by atoms with Gasteiger partial charge in [0.2, 0.25) is 0 Å². The highest BCUT2D eigenvalue weighted by atomic mass is 32.1. The quantitative estimate of drug-likeness (QED) is 0.315. The molecule has 8 heteroatoms. The van der Waals surface area contributed by atoms with Gasteiger partial charge < -0.3 is 21.5 Å². The van der Waals surface area contributed by atoms with Crippen LogP contribution in [0.3, 0.4) is 0 Å². The maximum Gasteiger partial charge on any atom is 0.261 e. The minimum absolute atomic E-state index is 0.0831. The highest BCUT2D eigenvalue weighted by Gasteiger charge is 2.30. The summed E-state index contributed by atoms with van der Waals surface area (Å²) < 4.78 is 0. The van der Waals surface area contributed by atoms with E-state index in [-0.39, 0.29) is 11.3 Å². The fourth-order valence-corrected chi connectivity index (χ4v) is 4.68. The van der Waals surface area contributed by atoms with E-state index in [1.165, 1.54) is 11.3 Å². The maximum atomic E-state index is 13.1. The van der Waals surface area contributed by atoms with E-state index in [1.54, 1.807) is 48.7 Å². The summed E-state index contributed by atoms with van der Waals surface area (Å²) in [5, 5.41) is 18.2. The Morgan fingerprint density at radius 1 is 1.03 bits per heavy atom. The van der Waals surface area contributed by atoms with E-state index >= 15 is 0 Å². The van der Waals surface area contributed by atoms with Crippen LogP contribution in [0.1, 0.15) is 46.9 Å². The number of hydrogen-bond acceptors (Lipinski definition) is 6. The number of carbonyl (C=O) groups excluding carboxylic acids is 2. The van der Waals surface area contributed by atoms with Crippen molar-refractivity contribution in [2.24, 2.45) is 0 Å². The van der Waals surface area contributed by atoms with Crippen molar-refractivity contribution >= 4 is 45.4 Å². The number of nitrogens with two attached hydrogens (primary N) is 1. The predicted octanol–water partition coefficient (Wildman–Crippen LogP) is 4.65. The fraction of sp³-hybridized carbons (Fsp3) is 0.222. The molecule has 2 amide bonds. The van der Waals surface area contributed by atoms with Gasteiger partial charge in [-0.15, -0.1) is 11.3 Å². The number of nitrogen functional groups attached to an aromatic ring is 1. The molecule has 0 radical (unpaired) electrons. The molecule has 0 fully saturated rings. The summed E-state index contributed by atoms with van der Waals surface area (Å²) in [6, 6.07) is 18.8. The molecular weight excluding hydrogens is 460 g/mol. The number of aromatic nitrogens is 1. The van der Waals surface area contributed by atoms with E-state index in [4.69, 9.17) is 5.73 Å². The number of amides is 2. The van der Waals surface area contributed by atoms with Crippen molar-refractivity contribution in [2.75, 3.05) is 11.1 Å². The van der Waals surface area contributed by atoms with Crippen molar-refractivity contribution < 1.29 is 14.7 Å². The molecule has 4 rings (SSSR count). The van der Waals surface area contributed by atoms with E-state index in [9.17, 15) is 14.7 Å². The second kappa shape index (κ2) is 9.85. The lowest BCUT2D eigenvalue weighted by Crippen LogP contribution is -2.42. The summed E-state index contributed by atoms with van der Waals surface area (Å²) in [5.41, 5.74) is 6.95. The first-order chi connectivity index (χ1) is 16.6. The Morgan fingerprint density at radius 3 is 2.46 bits per heavy atom. The van der Waals surface area contributed by atoms with Crippen LogP contribution in [0, 0.1) is 0 Å². The van der Waals surface area contributed by atoms with Crippen LogP contribution in [-0.4, -0.2) is 28.0 Å². The van der Waals surface area contributed by atoms with E-state index in [0.29, 0.717) is 27.3 Å². The molecule has 0 aliphatic rings. The van der Waals surface area contributed by atoms with Gasteiger partial charge in [-0.2, -0.15) is 0 Å². The Bertz CT molecular complexity index is 1360. The lowest BCUT2D eigenvalue weighted by molar-refractivity contribution is -0.125. The van der Waals surface area contributed by atoms with Gasteiger partial charge in [-0.05, 0) is 46.7 Å². The molecule has 7 nitrogen and oxygen atoms in total. The molecule has 2 aromatic carbocycles. The third-order valence-corrected chi connectivity index (χ3v) is 7.17. The van der Waals surface area contributed by atoms with Crippen LogP contribution in [0.5, 0.6) is 0 Å². The van der Waals surface area contributed by atoms with Crippen LogP contribution in [0.2, 0.25) is 0 Å². The number of aliphatic hydroxyl groups excluding tert-OH is 1. The molecule has 2 heterocycles. The Morgan fingerprint density at radius 2 is 1.77 bits per heavy atom. The lowest BCUT2D eigenvalue weighted by Gasteiger charge is -2.24. The molecule has 2 unspecified atom stereocenters. The number of nitrogens with zero attached hydrogens (tertiary/aromatic N) is 1. The topological polar surface area (TPSA) is 117 Å². The van der Waals surface area contributed by atoms with Gasteiger partial charge in [0.1, 0.15) is 5.82 Å². The number of aliphatic hydroxyl groups is 1. The summed E-state index contributed by atoms with van der Waals surface area (Å²) in [7, 11) is 0. The Balaban J connectivity index is 1.57. The molecule has 0 spiro atoms. The molecule has 0 aliphatic carbocycles. The molecular formula is C27H28N4O3S. The zero-order chi connectivity index (χ0) is 25.2. The summed E-state index contributed by atoms with van der Waals surface area (Å²) in [6.07, 6.45) is 0.0792. The lowest BCUT2D eigenvalue weighted by atomic mass is 9.95. The monoisotopic (exact) mass is 488 g/mol. The van der Waals surface area contributed by atoms with Gasteiger partial charge in [0.05, 0.1) is 10.9 Å². The zero-order valence-corrected chi connectivity index (χ0v) is 20.6. The molecule has 0 bridgehead atoms. The van der Waals surface area contributed by atoms with Crippen LogP contribution in [0.4, 0.5) is 11.5 Å². The first-order valence-corrected chi connectivity index (χ1v) is 12.0. The maximum absolute atomic E-state index is 13.1. The first-order valence-electron chi connectivity index (χ1n) is 11.2. The SMILES string of the molecule is CC(C)(C)c1ccc(C(=O)NC(c2ccccc2)C(O)C(=O)Nc2ccc3ccnc(N)c3c2)s1. The molecule has 5 N–H and O–H groups in total. The van der Waals surface area contributed by atoms with Crippen LogP contribution < -0.4 is 16.4 Å². The highest BCUT2D eigenvalue weighted by molar-refractivity contribution is 7.14. The second-order valence-electron chi connectivity index (χ2n) is 9.34. The van der Waals surface area contributed by atoms with Crippen LogP contribution in [0.25, 0.3) is 10.8 Å². The largest absolute Gasteiger partial charge is 0.383 e. The standard InChI is InChI=1S/C27H28N4O3S/c1-27(2,3)21-12-11-20(35-21)25(33)31-22(17-7-5-4-6-8-17)23(32)26(34)30-18-10-9-16-13-14-29-24(28)19(16)15-18/h4-15,22-23,32H,1-3H3,(H2,28,29)(H,30,34)(H,31,33). The number of benzene rings is 2. The van der Waals surface area contributed by atoms with E-state index < -0.39 is 18.1 Å². The zero-order valence-electron chi connectivity index (χ0n) is 19.8. The van der Waals surface area contributed by atoms with Crippen molar-refractivity contribution in [1.82, 2.24) is 10.3 Å². The van der Waals surface area contributed by atoms with Gasteiger partial charge in [-0.25, -0.2) is 4.98 Å². The summed E-state index contributed by atoms with van der Waals surface area (Å²) in [6.45, 7) is 6.24. The van der Waals surface area contributed by atoms with Gasteiger partial charge in [0, 0.05) is 22.1 Å². The number of fused-ring (bicyclic) bond motifs is 1. The fourth-order valence-electron chi connectivity index (χ4n) is 3.72. The molecule has 35 heavy (non-hydrogen) atoms. The number of pyridine rings is 1. The van der Waals surface area contributed by atoms with Gasteiger partial charge in [-0.3, -0.25) is 9.59 Å². The summed E-state index contributed by atoms with van der Waals surface area (Å²) in [5.74, 6) is -0.655. The number of hydrogen-bond donors (Lipinski definition) is 4. The minimum atomic E-state index is -1.54. The Kier molecular flexibility index (Phi) is 6.86. The van der Waals surface area contributed by atoms with Crippen molar-refractivity contribution in [2.45, 2.75) is 38.3 Å². The average Bonchev–Trinajstić information content (AvgIpc) is 3.34. The molecule has 2 atom stereocenters. The van der Waals surface area contributed by atoms with E-state index in [2.05, 4.69) is 36.4 Å². The predicted molar refractivity (Wildman–Crippen MR) is 140 cm³/mol. The minimum Gasteiger partial charge on any atom is -0.383 e. The third kappa shape index (κ3) is 5.50. The number of nitrogens with one attached hydrogen (secondary N) is 2. The normalized spacial score (nSPS) is 13.3. The van der Waals surface area contributed by atoms with Crippen molar-refractivity contribution in [3.63, 3.8) is 0 Å². The average molecular weight is 489 g/mol. The van der Waals surface area contributed by atoms with Gasteiger partial charge in [-0.1, -0.05) is 57.2 Å². The van der Waals surface area contributed by atoms with Crippen molar-refractivity contribution in [3.05, 3.63) is 88.2 Å². The molecule has 2 aromatic heterocycles. The van der Waals surface area contributed by atoms with Gasteiger partial charge >= 0.3 is 0 Å². The van der Waals surface area contributed by atoms with Crippen molar-refractivity contribution in [3.8, 4) is 0 Å². The van der Waals surface area contributed by atoms with E-state index in [0.717, 1.165) is 10.3 Å². The third-order valence-electron chi connectivity index (χ3n) is 5.66. The first kappa shape index (κ1) is 24.4. The number of carbonyl (C=O) groups is 2. The molecule has 0 saturated carbocycles. The molecule has 0 aliphatic heterocycles. The van der Waals surface area contributed by atoms with Gasteiger partial charge in [0.15, 0.2) is 6.10 Å². The highest BCUT2D eigenvalue weighted by Crippen LogP contribution is 2.30. The van der Waals surface area contributed by atoms with Crippen LogP contribution in [0.15, 0.2) is 72.9 Å². The Labute approximate surface area is 208 Å². The Hall–Kier alpha value is -3.75.